The molecule has 0 aliphatic carbocycles. The number of hydrogen-bond acceptors (Lipinski definition) is 11. The number of nitrogens with one attached hydrogen (secondary N) is 2. The van der Waals surface area contributed by atoms with Gasteiger partial charge in [0.25, 0.3) is 11.8 Å². The van der Waals surface area contributed by atoms with Crippen LogP contribution in [0.25, 0.3) is 0 Å². The number of oxime groups is 1. The zero-order valence-corrected chi connectivity index (χ0v) is 36.1. The van der Waals surface area contributed by atoms with Gasteiger partial charge in [-0.3, -0.25) is 14.5 Å². The van der Waals surface area contributed by atoms with Crippen LogP contribution in [-0.4, -0.2) is 73.6 Å². The number of anilines is 1. The quantitative estimate of drug-likeness (QED) is 0.0217. The minimum atomic E-state index is -1.30. The van der Waals surface area contributed by atoms with E-state index >= 15 is 0 Å². The number of thiazole rings is 1. The molecule has 1 aromatic heterocycles. The number of nitrogens with zero attached hydrogens (tertiary/aromatic N) is 3. The number of thioether (sulfide) groups is 1. The highest BCUT2D eigenvalue weighted by atomic mass is 35.5. The molecule has 0 saturated carbocycles. The van der Waals surface area contributed by atoms with Crippen LogP contribution < -0.4 is 10.6 Å². The summed E-state index contributed by atoms with van der Waals surface area (Å²) in [6, 6.07) is 47.2. The minimum absolute atomic E-state index is 0.0608. The Kier molecular flexibility index (Phi) is 13.0. The third kappa shape index (κ3) is 8.83. The second kappa shape index (κ2) is 19.1. The molecule has 2 amide bonds. The average Bonchev–Trinajstić information content (AvgIpc) is 3.80. The number of aliphatic carboxylic acids is 1. The number of β-lactam (4-membered cyclic amide) rings is 1. The molecule has 1 fully saturated rings. The number of carbonyl (C=O) groups excluding carboxylic acids is 3. The Labute approximate surface area is 376 Å². The van der Waals surface area contributed by atoms with Gasteiger partial charge in [0, 0.05) is 17.0 Å². The molecule has 12 nitrogen and oxygen atoms in total. The molecule has 2 aliphatic rings. The van der Waals surface area contributed by atoms with E-state index < -0.39 is 52.9 Å². The van der Waals surface area contributed by atoms with Crippen LogP contribution in [-0.2, 0) is 34.3 Å². The molecule has 318 valence electrons. The fraction of sp³-hybridized carbons (Fsp3) is 0.167. The molecule has 2 unspecified atom stereocenters. The third-order valence-electron chi connectivity index (χ3n) is 10.6. The van der Waals surface area contributed by atoms with E-state index in [-0.39, 0.29) is 28.7 Å². The molecule has 1 saturated heterocycles. The summed E-state index contributed by atoms with van der Waals surface area (Å²) in [5.41, 5.74) is 3.30. The number of hydrogen-bond donors (Lipinski definition) is 3. The standard InChI is InChI=1S/C48H40ClN5O7S2/c1-30(46(59)60-41(31-17-7-2-8-18-31)32-19-9-3-10-20-32)61-53-38(42(55)51-39-43(56)54-40(45(57)58)33(27-49)28-62-44(39)54)37-29-63-47(50-37)52-48(34-21-11-4-12-22-34,35-23-13-5-14-24-35)36-25-15-6-16-26-36/h2-26,29-30,39,41,44H,27-28H2,1H3,(H,50,52)(H,51,55)(H,57,58)/t30?,39?,44-/m0/s1. The molecule has 0 spiro atoms. The summed E-state index contributed by atoms with van der Waals surface area (Å²) in [4.78, 5) is 65.6. The van der Waals surface area contributed by atoms with E-state index in [2.05, 4.69) is 15.8 Å². The van der Waals surface area contributed by atoms with Crippen molar-refractivity contribution in [3.05, 3.63) is 202 Å². The number of fused-ring (bicyclic) bond motifs is 1. The first-order chi connectivity index (χ1) is 30.7. The number of rotatable bonds is 16. The lowest BCUT2D eigenvalue weighted by Crippen LogP contribution is -2.71. The Morgan fingerprint density at radius 2 is 1.35 bits per heavy atom. The first-order valence-electron chi connectivity index (χ1n) is 19.9. The SMILES string of the molecule is CC(ON=C(C(=O)NC1C(=O)N2C(C(=O)O)=C(CCl)CS[C@@H]12)c1csc(NC(c2ccccc2)(c2ccccc2)c2ccccc2)n1)C(=O)OC(c1ccccc1)c1ccccc1. The molecule has 0 radical (unpaired) electrons. The van der Waals surface area contributed by atoms with Crippen molar-refractivity contribution < 1.29 is 33.9 Å². The van der Waals surface area contributed by atoms with Crippen molar-refractivity contribution >= 4 is 69.3 Å². The maximum atomic E-state index is 14.4. The summed E-state index contributed by atoms with van der Waals surface area (Å²) < 4.78 is 6.01. The number of esters is 1. The van der Waals surface area contributed by atoms with Crippen LogP contribution in [0, 0.1) is 0 Å². The predicted molar refractivity (Wildman–Crippen MR) is 243 cm³/mol. The molecule has 2 aliphatic heterocycles. The van der Waals surface area contributed by atoms with Gasteiger partial charge in [-0.2, -0.15) is 0 Å². The highest BCUT2D eigenvalue weighted by molar-refractivity contribution is 8.00. The van der Waals surface area contributed by atoms with E-state index in [1.54, 1.807) is 5.38 Å². The van der Waals surface area contributed by atoms with Gasteiger partial charge < -0.3 is 25.3 Å². The van der Waals surface area contributed by atoms with E-state index in [4.69, 9.17) is 26.2 Å². The number of carboxylic acid groups (broad SMARTS) is 1. The van der Waals surface area contributed by atoms with E-state index in [0.717, 1.165) is 32.7 Å². The predicted octanol–water partition coefficient (Wildman–Crippen LogP) is 7.97. The van der Waals surface area contributed by atoms with E-state index in [9.17, 15) is 24.3 Å². The van der Waals surface area contributed by atoms with Crippen LogP contribution in [0.5, 0.6) is 0 Å². The van der Waals surface area contributed by atoms with Crippen LogP contribution in [0.3, 0.4) is 0 Å². The molecule has 63 heavy (non-hydrogen) atoms. The van der Waals surface area contributed by atoms with Crippen LogP contribution in [0.15, 0.2) is 173 Å². The van der Waals surface area contributed by atoms with Gasteiger partial charge in [0.05, 0.1) is 0 Å². The Morgan fingerprint density at radius 1 is 0.841 bits per heavy atom. The van der Waals surface area contributed by atoms with Crippen molar-refractivity contribution in [3.8, 4) is 0 Å². The van der Waals surface area contributed by atoms with Crippen molar-refractivity contribution in [2.45, 2.75) is 36.1 Å². The Balaban J connectivity index is 1.12. The van der Waals surface area contributed by atoms with Crippen LogP contribution in [0.1, 0.15) is 46.5 Å². The van der Waals surface area contributed by atoms with Crippen molar-refractivity contribution in [2.24, 2.45) is 5.16 Å². The largest absolute Gasteiger partial charge is 0.477 e. The number of aromatic nitrogens is 1. The van der Waals surface area contributed by atoms with E-state index in [1.165, 1.54) is 30.0 Å². The minimum Gasteiger partial charge on any atom is -0.477 e. The van der Waals surface area contributed by atoms with Crippen LogP contribution >= 0.6 is 34.7 Å². The molecule has 5 aromatic carbocycles. The van der Waals surface area contributed by atoms with Crippen LogP contribution in [0.4, 0.5) is 5.13 Å². The van der Waals surface area contributed by atoms with Crippen molar-refractivity contribution in [2.75, 3.05) is 16.9 Å². The number of benzene rings is 5. The smallest absolute Gasteiger partial charge is 0.352 e. The molecule has 8 rings (SSSR count). The van der Waals surface area contributed by atoms with Gasteiger partial charge in [0.15, 0.2) is 16.9 Å². The Morgan fingerprint density at radius 3 is 1.84 bits per heavy atom. The number of ether oxygens (including phenoxy) is 1. The van der Waals surface area contributed by atoms with Gasteiger partial charge in [-0.05, 0) is 40.3 Å². The zero-order valence-electron chi connectivity index (χ0n) is 33.7. The van der Waals surface area contributed by atoms with Crippen molar-refractivity contribution in [1.29, 1.82) is 0 Å². The second-order valence-electron chi connectivity index (χ2n) is 14.6. The number of carbonyl (C=O) groups is 4. The highest BCUT2D eigenvalue weighted by Crippen LogP contribution is 2.42. The summed E-state index contributed by atoms with van der Waals surface area (Å²) in [5, 5.41) is 21.9. The zero-order chi connectivity index (χ0) is 43.9. The maximum absolute atomic E-state index is 14.4. The lowest BCUT2D eigenvalue weighted by molar-refractivity contribution is -0.160. The van der Waals surface area contributed by atoms with Crippen LogP contribution in [0.2, 0.25) is 0 Å². The van der Waals surface area contributed by atoms with Gasteiger partial charge in [-0.1, -0.05) is 157 Å². The summed E-state index contributed by atoms with van der Waals surface area (Å²) in [6.07, 6.45) is -2.05. The topological polar surface area (TPSA) is 160 Å². The number of amides is 2. The van der Waals surface area contributed by atoms with Gasteiger partial charge in [0.1, 0.15) is 28.3 Å². The van der Waals surface area contributed by atoms with E-state index in [0.29, 0.717) is 10.7 Å². The summed E-state index contributed by atoms with van der Waals surface area (Å²) >= 11 is 8.54. The number of carboxylic acids is 1. The molecule has 3 N–H and O–H groups in total. The molecule has 6 aromatic rings. The molecule has 15 heteroatoms. The molecular weight excluding hydrogens is 858 g/mol. The second-order valence-corrected chi connectivity index (χ2v) is 16.8. The lowest BCUT2D eigenvalue weighted by Gasteiger charge is -2.49. The number of halogens is 1. The third-order valence-corrected chi connectivity index (χ3v) is 13.1. The number of alkyl halides is 1. The summed E-state index contributed by atoms with van der Waals surface area (Å²) in [5.74, 6) is -3.29. The molecule has 3 atom stereocenters. The van der Waals surface area contributed by atoms with E-state index in [1.807, 2.05) is 152 Å². The first-order valence-corrected chi connectivity index (χ1v) is 22.4. The first kappa shape index (κ1) is 42.9. The summed E-state index contributed by atoms with van der Waals surface area (Å²) in [6.45, 7) is 1.45. The highest BCUT2D eigenvalue weighted by Gasteiger charge is 2.54. The fourth-order valence-electron chi connectivity index (χ4n) is 7.55. The van der Waals surface area contributed by atoms with Gasteiger partial charge in [0.2, 0.25) is 6.10 Å². The molecular formula is C48H40ClN5O7S2. The van der Waals surface area contributed by atoms with Crippen molar-refractivity contribution in [1.82, 2.24) is 15.2 Å². The van der Waals surface area contributed by atoms with Crippen molar-refractivity contribution in [3.63, 3.8) is 0 Å². The average molecular weight is 898 g/mol. The maximum Gasteiger partial charge on any atom is 0.352 e. The Hall–Kier alpha value is -6.74. The molecule has 3 heterocycles. The lowest BCUT2D eigenvalue weighted by atomic mass is 9.77. The van der Waals surface area contributed by atoms with Gasteiger partial charge in [-0.15, -0.1) is 34.7 Å². The monoisotopic (exact) mass is 897 g/mol. The normalized spacial score (nSPS) is 16.7. The summed E-state index contributed by atoms with van der Waals surface area (Å²) in [7, 11) is 0. The Bertz CT molecular complexity index is 2520. The van der Waals surface area contributed by atoms with Gasteiger partial charge in [-0.25, -0.2) is 14.6 Å². The fourth-order valence-corrected chi connectivity index (χ4v) is 9.98. The van der Waals surface area contributed by atoms with Gasteiger partial charge >= 0.3 is 11.9 Å². The molecule has 0 bridgehead atoms.